The van der Waals surface area contributed by atoms with Crippen molar-refractivity contribution >= 4 is 17.6 Å². The van der Waals surface area contributed by atoms with E-state index in [-0.39, 0.29) is 29.2 Å². The average Bonchev–Trinajstić information content (AvgIpc) is 2.97. The van der Waals surface area contributed by atoms with Crippen molar-refractivity contribution in [3.05, 3.63) is 28.1 Å². The first-order valence-electron chi connectivity index (χ1n) is 6.81. The van der Waals surface area contributed by atoms with Crippen molar-refractivity contribution in [2.24, 2.45) is 5.92 Å². The maximum Gasteiger partial charge on any atom is 0.309 e. The number of rotatable bonds is 4. The van der Waals surface area contributed by atoms with Gasteiger partial charge in [0.15, 0.2) is 0 Å². The van der Waals surface area contributed by atoms with Gasteiger partial charge >= 0.3 is 5.97 Å². The molecule has 1 saturated heterocycles. The summed E-state index contributed by atoms with van der Waals surface area (Å²) < 4.78 is 4.97. The molecule has 0 bridgehead atoms. The average molecular weight is 295 g/mol. The Bertz CT molecular complexity index is 546. The van der Waals surface area contributed by atoms with Crippen LogP contribution in [0.15, 0.2) is 12.3 Å². The van der Waals surface area contributed by atoms with Crippen molar-refractivity contribution in [1.82, 2.24) is 9.88 Å². The fourth-order valence-corrected chi connectivity index (χ4v) is 2.36. The van der Waals surface area contributed by atoms with Crippen LogP contribution in [0.5, 0.6) is 0 Å². The highest BCUT2D eigenvalue weighted by Crippen LogP contribution is 2.21. The van der Waals surface area contributed by atoms with Crippen LogP contribution in [0.4, 0.5) is 5.69 Å². The third-order valence-electron chi connectivity index (χ3n) is 3.51. The Morgan fingerprint density at radius 3 is 2.67 bits per heavy atom. The molecule has 1 aliphatic rings. The molecule has 1 aliphatic heterocycles. The fourth-order valence-electron chi connectivity index (χ4n) is 2.36. The quantitative estimate of drug-likeness (QED) is 0.512. The molecule has 8 nitrogen and oxygen atoms in total. The van der Waals surface area contributed by atoms with E-state index in [1.165, 1.54) is 12.3 Å². The van der Waals surface area contributed by atoms with Crippen LogP contribution in [0, 0.1) is 16.0 Å². The number of ether oxygens (including phenoxy) is 1. The van der Waals surface area contributed by atoms with E-state index in [0.29, 0.717) is 32.5 Å². The summed E-state index contributed by atoms with van der Waals surface area (Å²) in [6.45, 7) is 2.99. The number of carbonyl (C=O) groups is 2. The number of hydrogen-bond donors (Lipinski definition) is 1. The molecule has 0 atom stereocenters. The zero-order chi connectivity index (χ0) is 15.4. The summed E-state index contributed by atoms with van der Waals surface area (Å²) in [4.78, 5) is 38.1. The van der Waals surface area contributed by atoms with Crippen molar-refractivity contribution in [3.63, 3.8) is 0 Å². The summed E-state index contributed by atoms with van der Waals surface area (Å²) >= 11 is 0. The second-order valence-electron chi connectivity index (χ2n) is 4.85. The molecule has 1 aromatic rings. The van der Waals surface area contributed by atoms with Gasteiger partial charge in [-0.1, -0.05) is 0 Å². The van der Waals surface area contributed by atoms with Gasteiger partial charge in [-0.2, -0.15) is 0 Å². The van der Waals surface area contributed by atoms with Gasteiger partial charge in [0.1, 0.15) is 5.69 Å². The topological polar surface area (TPSA) is 106 Å². The van der Waals surface area contributed by atoms with Gasteiger partial charge in [-0.25, -0.2) is 0 Å². The van der Waals surface area contributed by atoms with Crippen molar-refractivity contribution in [1.29, 1.82) is 0 Å². The molecule has 2 rings (SSSR count). The monoisotopic (exact) mass is 295 g/mol. The zero-order valence-corrected chi connectivity index (χ0v) is 11.7. The van der Waals surface area contributed by atoms with Crippen LogP contribution in [-0.4, -0.2) is 46.4 Å². The number of nitrogens with zero attached hydrogens (tertiary/aromatic N) is 2. The van der Waals surface area contributed by atoms with Crippen molar-refractivity contribution in [3.8, 4) is 0 Å². The van der Waals surface area contributed by atoms with E-state index < -0.39 is 4.92 Å². The van der Waals surface area contributed by atoms with E-state index in [0.717, 1.165) is 0 Å². The minimum absolute atomic E-state index is 0.139. The summed E-state index contributed by atoms with van der Waals surface area (Å²) in [7, 11) is 0. The van der Waals surface area contributed by atoms with Crippen LogP contribution in [-0.2, 0) is 9.53 Å². The molecule has 0 saturated carbocycles. The molecule has 0 spiro atoms. The number of H-pyrrole nitrogens is 1. The molecular formula is C13H17N3O5. The highest BCUT2D eigenvalue weighted by atomic mass is 16.6. The summed E-state index contributed by atoms with van der Waals surface area (Å²) in [5.41, 5.74) is 0.0519. The number of esters is 1. The Kier molecular flexibility index (Phi) is 4.56. The molecule has 21 heavy (non-hydrogen) atoms. The number of nitro groups is 1. The van der Waals surface area contributed by atoms with Gasteiger partial charge in [0, 0.05) is 19.2 Å². The third kappa shape index (κ3) is 3.39. The van der Waals surface area contributed by atoms with Gasteiger partial charge in [0.2, 0.25) is 0 Å². The van der Waals surface area contributed by atoms with Gasteiger partial charge in [0.05, 0.1) is 23.6 Å². The highest BCUT2D eigenvalue weighted by molar-refractivity contribution is 5.93. The normalized spacial score (nSPS) is 15.8. The van der Waals surface area contributed by atoms with Gasteiger partial charge in [-0.15, -0.1) is 0 Å². The Hall–Kier alpha value is -2.38. The van der Waals surface area contributed by atoms with Crippen LogP contribution >= 0.6 is 0 Å². The lowest BCUT2D eigenvalue weighted by atomic mass is 9.97. The molecule has 0 unspecified atom stereocenters. The number of piperidine rings is 1. The standard InChI is InChI=1S/C13H17N3O5/c1-2-21-13(18)9-3-5-15(6-4-9)12(17)11-7-10(8-14-11)16(19)20/h7-9,14H,2-6H2,1H3. The predicted molar refractivity (Wildman–Crippen MR) is 72.7 cm³/mol. The summed E-state index contributed by atoms with van der Waals surface area (Å²) in [5.74, 6) is -0.683. The molecular weight excluding hydrogens is 278 g/mol. The number of aromatic amines is 1. The minimum Gasteiger partial charge on any atom is -0.466 e. The maximum atomic E-state index is 12.2. The SMILES string of the molecule is CCOC(=O)C1CCN(C(=O)c2cc([N+](=O)[O-])c[nH]2)CC1. The number of likely N-dealkylation sites (tertiary alicyclic amines) is 1. The number of aromatic nitrogens is 1. The van der Waals surface area contributed by atoms with Crippen LogP contribution < -0.4 is 0 Å². The Morgan fingerprint density at radius 1 is 1.48 bits per heavy atom. The molecule has 114 valence electrons. The first-order chi connectivity index (χ1) is 10.0. The predicted octanol–water partition coefficient (Wildman–Crippen LogP) is 1.34. The molecule has 0 aromatic carbocycles. The van der Waals surface area contributed by atoms with E-state index in [1.807, 2.05) is 0 Å². The van der Waals surface area contributed by atoms with Gasteiger partial charge in [0.25, 0.3) is 11.6 Å². The van der Waals surface area contributed by atoms with Crippen LogP contribution in [0.2, 0.25) is 0 Å². The maximum absolute atomic E-state index is 12.2. The Labute approximate surface area is 121 Å². The largest absolute Gasteiger partial charge is 0.466 e. The summed E-state index contributed by atoms with van der Waals surface area (Å²) in [6, 6.07) is 1.22. The fraction of sp³-hybridized carbons (Fsp3) is 0.538. The lowest BCUT2D eigenvalue weighted by Crippen LogP contribution is -2.40. The van der Waals surface area contributed by atoms with E-state index >= 15 is 0 Å². The van der Waals surface area contributed by atoms with Crippen LogP contribution in [0.1, 0.15) is 30.3 Å². The number of nitrogens with one attached hydrogen (secondary N) is 1. The van der Waals surface area contributed by atoms with Crippen LogP contribution in [0.25, 0.3) is 0 Å². The first kappa shape index (κ1) is 15.0. The zero-order valence-electron chi connectivity index (χ0n) is 11.7. The van der Waals surface area contributed by atoms with E-state index in [9.17, 15) is 19.7 Å². The first-order valence-corrected chi connectivity index (χ1v) is 6.81. The number of amides is 1. The van der Waals surface area contributed by atoms with Gasteiger partial charge in [-0.3, -0.25) is 19.7 Å². The minimum atomic E-state index is -0.555. The van der Waals surface area contributed by atoms with E-state index in [4.69, 9.17) is 4.74 Å². The van der Waals surface area contributed by atoms with Crippen molar-refractivity contribution in [2.45, 2.75) is 19.8 Å². The molecule has 1 fully saturated rings. The number of hydrogen-bond acceptors (Lipinski definition) is 5. The van der Waals surface area contributed by atoms with Gasteiger partial charge < -0.3 is 14.6 Å². The molecule has 1 aromatic heterocycles. The van der Waals surface area contributed by atoms with Crippen molar-refractivity contribution < 1.29 is 19.2 Å². The lowest BCUT2D eigenvalue weighted by molar-refractivity contribution is -0.384. The Morgan fingerprint density at radius 2 is 2.14 bits per heavy atom. The van der Waals surface area contributed by atoms with E-state index in [1.54, 1.807) is 11.8 Å². The second kappa shape index (κ2) is 6.38. The third-order valence-corrected chi connectivity index (χ3v) is 3.51. The van der Waals surface area contributed by atoms with Gasteiger partial charge in [-0.05, 0) is 19.8 Å². The molecule has 8 heteroatoms. The Balaban J connectivity index is 1.93. The second-order valence-corrected chi connectivity index (χ2v) is 4.85. The summed E-state index contributed by atoms with van der Waals surface area (Å²) in [6.07, 6.45) is 2.29. The van der Waals surface area contributed by atoms with Crippen molar-refractivity contribution in [2.75, 3.05) is 19.7 Å². The molecule has 0 radical (unpaired) electrons. The smallest absolute Gasteiger partial charge is 0.309 e. The van der Waals surface area contributed by atoms with Crippen LogP contribution in [0.3, 0.4) is 0 Å². The van der Waals surface area contributed by atoms with E-state index in [2.05, 4.69) is 4.98 Å². The highest BCUT2D eigenvalue weighted by Gasteiger charge is 2.29. The number of carbonyl (C=O) groups excluding carboxylic acids is 2. The molecule has 1 amide bonds. The molecule has 1 N–H and O–H groups in total. The summed E-state index contributed by atoms with van der Waals surface area (Å²) in [5, 5.41) is 10.6. The molecule has 2 heterocycles. The lowest BCUT2D eigenvalue weighted by Gasteiger charge is -2.30. The molecule has 0 aliphatic carbocycles.